The van der Waals surface area contributed by atoms with Gasteiger partial charge in [-0.05, 0) is 28.7 Å². The number of amides is 2. The van der Waals surface area contributed by atoms with Gasteiger partial charge in [0, 0.05) is 19.4 Å². The summed E-state index contributed by atoms with van der Waals surface area (Å²) in [7, 11) is 1.18. The van der Waals surface area contributed by atoms with E-state index in [1.165, 1.54) is 7.05 Å². The number of nitrogens with one attached hydrogen (secondary N) is 1. The van der Waals surface area contributed by atoms with Gasteiger partial charge in [0.1, 0.15) is 19.2 Å². The summed E-state index contributed by atoms with van der Waals surface area (Å²) in [5, 5.41) is 10.5. The molecular formula is C23H23F3N2O5. The molecule has 33 heavy (non-hydrogen) atoms. The van der Waals surface area contributed by atoms with Gasteiger partial charge < -0.3 is 20.1 Å². The van der Waals surface area contributed by atoms with Crippen LogP contribution in [0.2, 0.25) is 0 Å². The Labute approximate surface area is 188 Å². The lowest BCUT2D eigenvalue weighted by Gasteiger charge is -2.23. The molecule has 2 aromatic carbocycles. The van der Waals surface area contributed by atoms with Crippen molar-refractivity contribution in [2.45, 2.75) is 31.0 Å². The lowest BCUT2D eigenvalue weighted by atomic mass is 9.98. The standard InChI is InChI=1S/C23H23F3N2O5/c1-28(12-21(30)31)20(29)11-10-19(23(24,25)26)27-22(32)33-13-18-16-8-4-2-6-14(16)15-7-3-5-9-17(15)18/h2-9,18-19H,10-13H2,1H3,(H,27,32)(H,30,31)/t19-/m0/s1. The van der Waals surface area contributed by atoms with Gasteiger partial charge in [-0.1, -0.05) is 48.5 Å². The molecule has 0 unspecified atom stereocenters. The molecule has 0 fully saturated rings. The Balaban J connectivity index is 1.61. The van der Waals surface area contributed by atoms with Crippen molar-refractivity contribution in [3.05, 3.63) is 59.7 Å². The lowest BCUT2D eigenvalue weighted by molar-refractivity contribution is -0.158. The maximum Gasteiger partial charge on any atom is 0.408 e. The van der Waals surface area contributed by atoms with Crippen LogP contribution in [0.15, 0.2) is 48.5 Å². The van der Waals surface area contributed by atoms with E-state index < -0.39 is 49.6 Å². The normalized spacial score (nSPS) is 13.6. The number of halogens is 3. The highest BCUT2D eigenvalue weighted by Gasteiger charge is 2.41. The van der Waals surface area contributed by atoms with Gasteiger partial charge in [0.05, 0.1) is 0 Å². The minimum Gasteiger partial charge on any atom is -0.480 e. The fourth-order valence-corrected chi connectivity index (χ4v) is 3.85. The second-order valence-electron chi connectivity index (χ2n) is 7.75. The highest BCUT2D eigenvalue weighted by molar-refractivity contribution is 5.81. The predicted octanol–water partition coefficient (Wildman–Crippen LogP) is 3.78. The van der Waals surface area contributed by atoms with Gasteiger partial charge in [0.25, 0.3) is 0 Å². The van der Waals surface area contributed by atoms with Gasteiger partial charge >= 0.3 is 18.2 Å². The van der Waals surface area contributed by atoms with Crippen LogP contribution in [-0.2, 0) is 14.3 Å². The largest absolute Gasteiger partial charge is 0.480 e. The van der Waals surface area contributed by atoms with Crippen LogP contribution in [0.1, 0.15) is 29.9 Å². The molecule has 0 radical (unpaired) electrons. The summed E-state index contributed by atoms with van der Waals surface area (Å²) in [4.78, 5) is 35.5. The number of hydrogen-bond acceptors (Lipinski definition) is 4. The predicted molar refractivity (Wildman–Crippen MR) is 113 cm³/mol. The molecule has 2 aromatic rings. The average molecular weight is 464 g/mol. The van der Waals surface area contributed by atoms with Gasteiger partial charge in [0.15, 0.2) is 0 Å². The first-order valence-electron chi connectivity index (χ1n) is 10.2. The minimum absolute atomic E-state index is 0.148. The molecule has 1 atom stereocenters. The molecule has 2 amide bonds. The van der Waals surface area contributed by atoms with E-state index >= 15 is 0 Å². The number of alkyl carbamates (subject to hydrolysis) is 1. The summed E-state index contributed by atoms with van der Waals surface area (Å²) < 4.78 is 45.3. The number of benzene rings is 2. The highest BCUT2D eigenvalue weighted by atomic mass is 19.4. The summed E-state index contributed by atoms with van der Waals surface area (Å²) in [5.74, 6) is -2.37. The van der Waals surface area contributed by atoms with Crippen molar-refractivity contribution < 1.29 is 37.4 Å². The number of fused-ring (bicyclic) bond motifs is 3. The summed E-state index contributed by atoms with van der Waals surface area (Å²) in [6, 6.07) is 12.8. The number of hydrogen-bond donors (Lipinski definition) is 2. The Morgan fingerprint density at radius 2 is 1.61 bits per heavy atom. The zero-order valence-electron chi connectivity index (χ0n) is 17.8. The molecule has 2 N–H and O–H groups in total. The number of carbonyl (C=O) groups excluding carboxylic acids is 2. The Morgan fingerprint density at radius 3 is 2.12 bits per heavy atom. The SMILES string of the molecule is CN(CC(=O)O)C(=O)CC[C@H](NC(=O)OCC1c2ccccc2-c2ccccc21)C(F)(F)F. The van der Waals surface area contributed by atoms with Crippen LogP contribution in [0.4, 0.5) is 18.0 Å². The van der Waals surface area contributed by atoms with E-state index in [0.717, 1.165) is 27.2 Å². The van der Waals surface area contributed by atoms with Crippen molar-refractivity contribution in [1.82, 2.24) is 10.2 Å². The van der Waals surface area contributed by atoms with Crippen LogP contribution in [-0.4, -0.2) is 60.4 Å². The van der Waals surface area contributed by atoms with Gasteiger partial charge in [-0.15, -0.1) is 0 Å². The van der Waals surface area contributed by atoms with E-state index in [2.05, 4.69) is 0 Å². The molecule has 0 aromatic heterocycles. The molecular weight excluding hydrogens is 441 g/mol. The number of alkyl halides is 3. The average Bonchev–Trinajstić information content (AvgIpc) is 3.07. The minimum atomic E-state index is -4.81. The Hall–Kier alpha value is -3.56. The Kier molecular flexibility index (Phi) is 7.25. The Morgan fingerprint density at radius 1 is 1.06 bits per heavy atom. The number of aliphatic carboxylic acids is 1. The van der Waals surface area contributed by atoms with Gasteiger partial charge in [-0.3, -0.25) is 9.59 Å². The third kappa shape index (κ3) is 5.82. The molecule has 1 aliphatic rings. The van der Waals surface area contributed by atoms with Crippen molar-refractivity contribution in [1.29, 1.82) is 0 Å². The molecule has 176 valence electrons. The van der Waals surface area contributed by atoms with Crippen LogP contribution in [0.3, 0.4) is 0 Å². The van der Waals surface area contributed by atoms with Gasteiger partial charge in [0.2, 0.25) is 5.91 Å². The van der Waals surface area contributed by atoms with Crippen molar-refractivity contribution in [2.75, 3.05) is 20.2 Å². The molecule has 0 heterocycles. The lowest BCUT2D eigenvalue weighted by Crippen LogP contribution is -2.46. The second kappa shape index (κ2) is 9.93. The third-order valence-electron chi connectivity index (χ3n) is 5.48. The van der Waals surface area contributed by atoms with E-state index in [-0.39, 0.29) is 12.5 Å². The van der Waals surface area contributed by atoms with Crippen molar-refractivity contribution >= 4 is 18.0 Å². The van der Waals surface area contributed by atoms with Crippen molar-refractivity contribution in [3.63, 3.8) is 0 Å². The van der Waals surface area contributed by atoms with Crippen molar-refractivity contribution in [3.8, 4) is 11.1 Å². The van der Waals surface area contributed by atoms with Crippen molar-refractivity contribution in [2.24, 2.45) is 0 Å². The molecule has 1 aliphatic carbocycles. The maximum atomic E-state index is 13.4. The van der Waals surface area contributed by atoms with E-state index in [9.17, 15) is 27.6 Å². The summed E-state index contributed by atoms with van der Waals surface area (Å²) in [5.41, 5.74) is 3.82. The van der Waals surface area contributed by atoms with Gasteiger partial charge in [-0.25, -0.2) is 4.79 Å². The first-order chi connectivity index (χ1) is 15.6. The van der Waals surface area contributed by atoms with Crippen LogP contribution in [0.5, 0.6) is 0 Å². The van der Waals surface area contributed by atoms with E-state index in [1.54, 1.807) is 5.32 Å². The topological polar surface area (TPSA) is 95.9 Å². The highest BCUT2D eigenvalue weighted by Crippen LogP contribution is 2.44. The quantitative estimate of drug-likeness (QED) is 0.620. The third-order valence-corrected chi connectivity index (χ3v) is 5.48. The summed E-state index contributed by atoms with van der Waals surface area (Å²) >= 11 is 0. The molecule has 0 spiro atoms. The molecule has 3 rings (SSSR count). The van der Waals surface area contributed by atoms with Crippen LogP contribution >= 0.6 is 0 Å². The number of nitrogens with zero attached hydrogens (tertiary/aromatic N) is 1. The smallest absolute Gasteiger partial charge is 0.408 e. The second-order valence-corrected chi connectivity index (χ2v) is 7.75. The van der Waals surface area contributed by atoms with Crippen LogP contribution in [0, 0.1) is 0 Å². The first-order valence-corrected chi connectivity index (χ1v) is 10.2. The molecule has 0 saturated heterocycles. The fourth-order valence-electron chi connectivity index (χ4n) is 3.85. The van der Waals surface area contributed by atoms with Crippen LogP contribution < -0.4 is 5.32 Å². The summed E-state index contributed by atoms with van der Waals surface area (Å²) in [6.07, 6.45) is -7.38. The molecule has 0 saturated carbocycles. The van der Waals surface area contributed by atoms with Gasteiger partial charge in [-0.2, -0.15) is 13.2 Å². The zero-order chi connectivity index (χ0) is 24.2. The Bertz CT molecular complexity index is 995. The number of rotatable bonds is 8. The molecule has 0 aliphatic heterocycles. The number of carboxylic acids is 1. The molecule has 0 bridgehead atoms. The zero-order valence-corrected chi connectivity index (χ0v) is 17.8. The molecule has 10 heteroatoms. The van der Waals surface area contributed by atoms with Crippen LogP contribution in [0.25, 0.3) is 11.1 Å². The summed E-state index contributed by atoms with van der Waals surface area (Å²) in [6.45, 7) is -0.778. The maximum absolute atomic E-state index is 13.4. The molecule has 7 nitrogen and oxygen atoms in total. The monoisotopic (exact) mass is 464 g/mol. The van der Waals surface area contributed by atoms with E-state index in [4.69, 9.17) is 9.84 Å². The fraction of sp³-hybridized carbons (Fsp3) is 0.348. The number of carboxylic acid groups (broad SMARTS) is 1. The number of likely N-dealkylation sites (N-methyl/N-ethyl adjacent to an activating group) is 1. The first kappa shape index (κ1) is 24.1. The van der Waals surface area contributed by atoms with E-state index in [0.29, 0.717) is 0 Å². The number of carbonyl (C=O) groups is 3. The van der Waals surface area contributed by atoms with E-state index in [1.807, 2.05) is 48.5 Å². The number of ether oxygens (including phenoxy) is 1.